The minimum atomic E-state index is -0.318. The number of thiophene rings is 1. The molecule has 0 saturated carbocycles. The number of carbonyl (C=O) groups is 1. The molecule has 2 rings (SSSR count). The van der Waals surface area contributed by atoms with Crippen LogP contribution < -0.4 is 5.43 Å². The largest absolute Gasteiger partial charge is 0.508 e. The molecule has 1 aromatic carbocycles. The van der Waals surface area contributed by atoms with Gasteiger partial charge in [-0.25, -0.2) is 5.43 Å². The summed E-state index contributed by atoms with van der Waals surface area (Å²) in [6.07, 6.45) is 1.58. The van der Waals surface area contributed by atoms with Gasteiger partial charge in [-0.05, 0) is 52.3 Å². The molecular formula is C12H9BrN2O2S. The maximum atomic E-state index is 11.6. The number of nitrogens with zero attached hydrogens (tertiary/aromatic N) is 1. The smallest absolute Gasteiger partial charge is 0.271 e. The maximum absolute atomic E-state index is 11.6. The molecule has 0 aliphatic heterocycles. The number of halogens is 1. The zero-order valence-corrected chi connectivity index (χ0v) is 11.5. The molecule has 0 bridgehead atoms. The molecule has 92 valence electrons. The Balaban J connectivity index is 1.96. The fourth-order valence-electron chi connectivity index (χ4n) is 1.23. The van der Waals surface area contributed by atoms with E-state index in [9.17, 15) is 4.79 Å². The maximum Gasteiger partial charge on any atom is 0.271 e. The minimum absolute atomic E-state index is 0.124. The molecule has 0 radical (unpaired) electrons. The van der Waals surface area contributed by atoms with Crippen LogP contribution in [-0.4, -0.2) is 17.2 Å². The Labute approximate surface area is 116 Å². The van der Waals surface area contributed by atoms with Crippen molar-refractivity contribution in [3.63, 3.8) is 0 Å². The third-order valence-corrected chi connectivity index (χ3v) is 3.64. The van der Waals surface area contributed by atoms with Crippen molar-refractivity contribution in [2.45, 2.75) is 0 Å². The first-order chi connectivity index (χ1) is 8.65. The summed E-state index contributed by atoms with van der Waals surface area (Å²) >= 11 is 4.86. The zero-order valence-electron chi connectivity index (χ0n) is 9.13. The average molecular weight is 325 g/mol. The molecule has 1 aromatic heterocycles. The highest BCUT2D eigenvalue weighted by Crippen LogP contribution is 2.20. The number of hydrogen-bond acceptors (Lipinski definition) is 4. The van der Waals surface area contributed by atoms with Gasteiger partial charge in [0.25, 0.3) is 5.91 Å². The van der Waals surface area contributed by atoms with Gasteiger partial charge < -0.3 is 5.11 Å². The summed E-state index contributed by atoms with van der Waals surface area (Å²) in [6.45, 7) is 0. The lowest BCUT2D eigenvalue weighted by Gasteiger charge is -1.99. The Kier molecular flexibility index (Phi) is 4.11. The fourth-order valence-corrected chi connectivity index (χ4v) is 2.53. The highest BCUT2D eigenvalue weighted by Gasteiger charge is 2.03. The molecule has 0 spiro atoms. The van der Waals surface area contributed by atoms with Gasteiger partial charge >= 0.3 is 0 Å². The van der Waals surface area contributed by atoms with Crippen molar-refractivity contribution in [2.75, 3.05) is 0 Å². The number of rotatable bonds is 3. The van der Waals surface area contributed by atoms with Crippen molar-refractivity contribution in [3.8, 4) is 5.75 Å². The van der Waals surface area contributed by atoms with Crippen LogP contribution in [0.5, 0.6) is 5.75 Å². The summed E-state index contributed by atoms with van der Waals surface area (Å²) in [4.78, 5) is 12.6. The molecule has 0 aliphatic rings. The van der Waals surface area contributed by atoms with Gasteiger partial charge in [-0.2, -0.15) is 5.10 Å². The minimum Gasteiger partial charge on any atom is -0.508 e. The van der Waals surface area contributed by atoms with E-state index in [4.69, 9.17) is 5.11 Å². The van der Waals surface area contributed by atoms with Crippen molar-refractivity contribution in [1.82, 2.24) is 5.43 Å². The highest BCUT2D eigenvalue weighted by molar-refractivity contribution is 9.11. The number of hydrogen-bond donors (Lipinski definition) is 2. The molecule has 0 aliphatic carbocycles. The quantitative estimate of drug-likeness (QED) is 0.673. The Bertz CT molecular complexity index is 578. The van der Waals surface area contributed by atoms with Gasteiger partial charge in [0, 0.05) is 10.4 Å². The first kappa shape index (κ1) is 12.8. The molecule has 0 fully saturated rings. The van der Waals surface area contributed by atoms with E-state index in [1.54, 1.807) is 6.21 Å². The number of nitrogens with one attached hydrogen (secondary N) is 1. The molecule has 4 nitrogen and oxygen atoms in total. The van der Waals surface area contributed by atoms with Crippen molar-refractivity contribution >= 4 is 39.4 Å². The van der Waals surface area contributed by atoms with Gasteiger partial charge in [-0.15, -0.1) is 11.3 Å². The van der Waals surface area contributed by atoms with E-state index in [0.717, 1.165) is 8.66 Å². The second-order valence-electron chi connectivity index (χ2n) is 3.39. The summed E-state index contributed by atoms with van der Waals surface area (Å²) in [7, 11) is 0. The lowest BCUT2D eigenvalue weighted by Crippen LogP contribution is -2.17. The molecule has 1 heterocycles. The van der Waals surface area contributed by atoms with Crippen molar-refractivity contribution < 1.29 is 9.90 Å². The summed E-state index contributed by atoms with van der Waals surface area (Å²) in [5, 5.41) is 13.0. The van der Waals surface area contributed by atoms with Gasteiger partial charge in [0.2, 0.25) is 0 Å². The van der Waals surface area contributed by atoms with Crippen LogP contribution in [0.1, 0.15) is 15.2 Å². The van der Waals surface area contributed by atoms with Crippen molar-refractivity contribution in [3.05, 3.63) is 50.6 Å². The van der Waals surface area contributed by atoms with Crippen LogP contribution in [0.25, 0.3) is 0 Å². The first-order valence-corrected chi connectivity index (χ1v) is 6.64. The molecule has 18 heavy (non-hydrogen) atoms. The molecule has 0 unspecified atom stereocenters. The monoisotopic (exact) mass is 324 g/mol. The molecular weight excluding hydrogens is 316 g/mol. The molecule has 2 N–H and O–H groups in total. The van der Waals surface area contributed by atoms with Crippen LogP contribution in [0.3, 0.4) is 0 Å². The molecule has 0 atom stereocenters. The lowest BCUT2D eigenvalue weighted by atomic mass is 10.2. The second-order valence-corrected chi connectivity index (χ2v) is 5.88. The first-order valence-electron chi connectivity index (χ1n) is 5.03. The number of aromatic hydroxyl groups is 1. The van der Waals surface area contributed by atoms with Crippen molar-refractivity contribution in [1.29, 1.82) is 0 Å². The topological polar surface area (TPSA) is 61.7 Å². The predicted molar refractivity (Wildman–Crippen MR) is 75.2 cm³/mol. The van der Waals surface area contributed by atoms with Gasteiger partial charge in [0.15, 0.2) is 0 Å². The number of phenols is 1. The van der Waals surface area contributed by atoms with Crippen LogP contribution in [0.15, 0.2) is 45.3 Å². The Hall–Kier alpha value is -1.66. The van der Waals surface area contributed by atoms with Gasteiger partial charge in [0.05, 0.1) is 10.0 Å². The van der Waals surface area contributed by atoms with E-state index in [1.807, 2.05) is 12.1 Å². The van der Waals surface area contributed by atoms with Crippen LogP contribution in [-0.2, 0) is 0 Å². The van der Waals surface area contributed by atoms with E-state index in [1.165, 1.54) is 35.6 Å². The second kappa shape index (κ2) is 5.79. The third kappa shape index (κ3) is 3.41. The van der Waals surface area contributed by atoms with E-state index >= 15 is 0 Å². The fraction of sp³-hybridized carbons (Fsp3) is 0. The number of carbonyl (C=O) groups excluding carboxylic acids is 1. The van der Waals surface area contributed by atoms with Crippen molar-refractivity contribution in [2.24, 2.45) is 5.10 Å². The molecule has 1 amide bonds. The van der Waals surface area contributed by atoms with E-state index in [-0.39, 0.29) is 11.7 Å². The van der Waals surface area contributed by atoms with Crippen LogP contribution in [0, 0.1) is 0 Å². The summed E-state index contributed by atoms with van der Waals surface area (Å²) in [5.41, 5.74) is 2.86. The number of phenolic OH excluding ortho intramolecular Hbond substituents is 1. The van der Waals surface area contributed by atoms with E-state index < -0.39 is 0 Å². The number of amides is 1. The van der Waals surface area contributed by atoms with Crippen LogP contribution in [0.2, 0.25) is 0 Å². The lowest BCUT2D eigenvalue weighted by molar-refractivity contribution is 0.0955. The zero-order chi connectivity index (χ0) is 13.0. The van der Waals surface area contributed by atoms with Crippen LogP contribution in [0.4, 0.5) is 0 Å². The van der Waals surface area contributed by atoms with E-state index in [2.05, 4.69) is 26.5 Å². The van der Waals surface area contributed by atoms with E-state index in [0.29, 0.717) is 5.56 Å². The SMILES string of the molecule is O=C(NN=Cc1ccc(Br)s1)c1ccc(O)cc1. The Morgan fingerprint density at radius 3 is 2.61 bits per heavy atom. The number of hydrazone groups is 1. The molecule has 2 aromatic rings. The summed E-state index contributed by atoms with van der Waals surface area (Å²) in [5.74, 6) is -0.194. The van der Waals surface area contributed by atoms with Gasteiger partial charge in [-0.1, -0.05) is 0 Å². The third-order valence-electron chi connectivity index (χ3n) is 2.08. The summed E-state index contributed by atoms with van der Waals surface area (Å²) in [6, 6.07) is 9.77. The highest BCUT2D eigenvalue weighted by atomic mass is 79.9. The van der Waals surface area contributed by atoms with Gasteiger partial charge in [0.1, 0.15) is 5.75 Å². The number of benzene rings is 1. The molecule has 0 saturated heterocycles. The predicted octanol–water partition coefficient (Wildman–Crippen LogP) is 2.98. The van der Waals surface area contributed by atoms with Crippen LogP contribution >= 0.6 is 27.3 Å². The normalized spacial score (nSPS) is 10.7. The molecule has 6 heteroatoms. The average Bonchev–Trinajstić information content (AvgIpc) is 2.76. The van der Waals surface area contributed by atoms with Gasteiger partial charge in [-0.3, -0.25) is 4.79 Å². The Morgan fingerprint density at radius 2 is 2.00 bits per heavy atom. The summed E-state index contributed by atoms with van der Waals surface area (Å²) < 4.78 is 1.01. The Morgan fingerprint density at radius 1 is 1.28 bits per heavy atom. The standard InChI is InChI=1S/C12H9BrN2O2S/c13-11-6-5-10(18-11)7-14-15-12(17)8-1-3-9(16)4-2-8/h1-7,16H,(H,15,17).